The van der Waals surface area contributed by atoms with Crippen LogP contribution in [-0.4, -0.2) is 16.5 Å². The van der Waals surface area contributed by atoms with E-state index in [4.69, 9.17) is 0 Å². The van der Waals surface area contributed by atoms with E-state index >= 15 is 0 Å². The summed E-state index contributed by atoms with van der Waals surface area (Å²) in [6, 6.07) is 10.6. The Kier molecular flexibility index (Phi) is 4.74. The summed E-state index contributed by atoms with van der Waals surface area (Å²) in [4.78, 5) is 12.6. The third-order valence-corrected chi connectivity index (χ3v) is 10.3. The number of fused-ring (bicyclic) bond motifs is 5. The van der Waals surface area contributed by atoms with Crippen LogP contribution < -0.4 is 0 Å². The summed E-state index contributed by atoms with van der Waals surface area (Å²) in [6.45, 7) is 4.82. The van der Waals surface area contributed by atoms with E-state index in [0.29, 0.717) is 23.0 Å². The van der Waals surface area contributed by atoms with Crippen LogP contribution in [0.3, 0.4) is 0 Å². The maximum absolute atomic E-state index is 12.6. The van der Waals surface area contributed by atoms with Crippen molar-refractivity contribution in [2.75, 3.05) is 0 Å². The fourth-order valence-electron chi connectivity index (χ4n) is 8.34. The topological polar surface area (TPSA) is 37.3 Å². The summed E-state index contributed by atoms with van der Waals surface area (Å²) in [5.41, 5.74) is 1.21. The number of aliphatic hydroxyl groups is 1. The fourth-order valence-corrected chi connectivity index (χ4v) is 8.34. The van der Waals surface area contributed by atoms with Crippen molar-refractivity contribution in [3.63, 3.8) is 0 Å². The Bertz CT molecular complexity index is 772. The molecule has 0 amide bonds. The zero-order chi connectivity index (χ0) is 20.3. The standard InChI is InChI=1S/C27H38O2/c1-25-16-17-27(29,15-12-19-6-4-3-5-7-19)18-20(25)8-9-21-22-10-11-24(28)26(22,2)14-13-23(21)25/h3-7,20-23,29H,8-18H2,1-2H3. The van der Waals surface area contributed by atoms with Gasteiger partial charge in [0.15, 0.2) is 0 Å². The number of Topliss-reactive ketones (excluding diaryl/α,β-unsaturated/α-hetero) is 1. The Morgan fingerprint density at radius 2 is 1.76 bits per heavy atom. The molecule has 4 aliphatic rings. The van der Waals surface area contributed by atoms with Crippen LogP contribution in [0.1, 0.15) is 83.6 Å². The highest BCUT2D eigenvalue weighted by Crippen LogP contribution is 2.66. The number of carbonyl (C=O) groups is 1. The van der Waals surface area contributed by atoms with Gasteiger partial charge in [-0.15, -0.1) is 0 Å². The molecular formula is C27H38O2. The third kappa shape index (κ3) is 3.12. The maximum atomic E-state index is 12.6. The first-order chi connectivity index (χ1) is 13.8. The number of aryl methyl sites for hydroxylation is 1. The zero-order valence-corrected chi connectivity index (χ0v) is 18.3. The van der Waals surface area contributed by atoms with Crippen LogP contribution in [0, 0.1) is 34.5 Å². The van der Waals surface area contributed by atoms with Gasteiger partial charge in [-0.05, 0) is 98.9 Å². The lowest BCUT2D eigenvalue weighted by atomic mass is 9.44. The molecule has 2 nitrogen and oxygen atoms in total. The molecule has 0 radical (unpaired) electrons. The minimum atomic E-state index is -0.487. The smallest absolute Gasteiger partial charge is 0.139 e. The second-order valence-corrected chi connectivity index (χ2v) is 11.5. The summed E-state index contributed by atoms with van der Waals surface area (Å²) in [7, 11) is 0. The van der Waals surface area contributed by atoms with E-state index in [1.165, 1.54) is 31.2 Å². The monoisotopic (exact) mass is 394 g/mol. The molecule has 2 heteroatoms. The molecule has 1 N–H and O–H groups in total. The molecule has 4 saturated carbocycles. The minimum Gasteiger partial charge on any atom is -0.390 e. The van der Waals surface area contributed by atoms with E-state index < -0.39 is 5.60 Å². The van der Waals surface area contributed by atoms with Gasteiger partial charge in [-0.1, -0.05) is 44.2 Å². The van der Waals surface area contributed by atoms with Gasteiger partial charge in [0.1, 0.15) is 5.78 Å². The number of rotatable bonds is 3. The van der Waals surface area contributed by atoms with Crippen molar-refractivity contribution in [1.82, 2.24) is 0 Å². The van der Waals surface area contributed by atoms with Crippen molar-refractivity contribution >= 4 is 5.78 Å². The summed E-state index contributed by atoms with van der Waals surface area (Å²) in [5.74, 6) is 3.35. The third-order valence-electron chi connectivity index (χ3n) is 10.3. The molecule has 1 aromatic rings. The molecule has 0 bridgehead atoms. The number of carbonyl (C=O) groups excluding carboxylic acids is 1. The van der Waals surface area contributed by atoms with Gasteiger partial charge >= 0.3 is 0 Å². The molecule has 0 aromatic heterocycles. The fraction of sp³-hybridized carbons (Fsp3) is 0.741. The second kappa shape index (κ2) is 6.94. The van der Waals surface area contributed by atoms with Crippen molar-refractivity contribution in [3.05, 3.63) is 35.9 Å². The highest BCUT2D eigenvalue weighted by Gasteiger charge is 2.61. The van der Waals surface area contributed by atoms with E-state index in [2.05, 4.69) is 44.2 Å². The number of hydrogen-bond acceptors (Lipinski definition) is 2. The van der Waals surface area contributed by atoms with Gasteiger partial charge in [0, 0.05) is 11.8 Å². The lowest BCUT2D eigenvalue weighted by Gasteiger charge is -2.61. The molecule has 4 aliphatic carbocycles. The van der Waals surface area contributed by atoms with Crippen molar-refractivity contribution in [2.24, 2.45) is 34.5 Å². The normalized spacial score (nSPS) is 46.7. The lowest BCUT2D eigenvalue weighted by Crippen LogP contribution is -2.56. The highest BCUT2D eigenvalue weighted by molar-refractivity contribution is 5.87. The van der Waals surface area contributed by atoms with Crippen LogP contribution in [0.2, 0.25) is 0 Å². The van der Waals surface area contributed by atoms with E-state index in [1.807, 2.05) is 0 Å². The maximum Gasteiger partial charge on any atom is 0.139 e. The average molecular weight is 395 g/mol. The number of benzene rings is 1. The SMILES string of the molecule is CC12CCC3C(CCC4CC(O)(CCc5ccccc5)CCC43C)C1CCC2=O. The van der Waals surface area contributed by atoms with Crippen LogP contribution in [-0.2, 0) is 11.2 Å². The van der Waals surface area contributed by atoms with Gasteiger partial charge in [0.25, 0.3) is 0 Å². The molecule has 0 aliphatic heterocycles. The molecule has 7 atom stereocenters. The molecule has 4 fully saturated rings. The van der Waals surface area contributed by atoms with E-state index in [0.717, 1.165) is 56.8 Å². The van der Waals surface area contributed by atoms with Gasteiger partial charge in [-0.25, -0.2) is 0 Å². The first-order valence-corrected chi connectivity index (χ1v) is 12.1. The van der Waals surface area contributed by atoms with E-state index in [1.54, 1.807) is 0 Å². The number of hydrogen-bond donors (Lipinski definition) is 1. The summed E-state index contributed by atoms with van der Waals surface area (Å²) >= 11 is 0. The lowest BCUT2D eigenvalue weighted by molar-refractivity contribution is -0.154. The molecule has 29 heavy (non-hydrogen) atoms. The number of ketones is 1. The van der Waals surface area contributed by atoms with Crippen LogP contribution in [0.4, 0.5) is 0 Å². The van der Waals surface area contributed by atoms with Gasteiger partial charge < -0.3 is 5.11 Å². The van der Waals surface area contributed by atoms with Gasteiger partial charge in [0.2, 0.25) is 0 Å². The first-order valence-electron chi connectivity index (χ1n) is 12.1. The summed E-state index contributed by atoms with van der Waals surface area (Å²) in [6.07, 6.45) is 11.8. The predicted octanol–water partition coefficient (Wildman–Crippen LogP) is 5.96. The average Bonchev–Trinajstić information content (AvgIpc) is 3.03. The summed E-state index contributed by atoms with van der Waals surface area (Å²) < 4.78 is 0. The van der Waals surface area contributed by atoms with E-state index in [9.17, 15) is 9.90 Å². The van der Waals surface area contributed by atoms with Crippen LogP contribution in [0.5, 0.6) is 0 Å². The Morgan fingerprint density at radius 3 is 2.55 bits per heavy atom. The Morgan fingerprint density at radius 1 is 0.966 bits per heavy atom. The predicted molar refractivity (Wildman–Crippen MR) is 116 cm³/mol. The molecule has 1 aromatic carbocycles. The molecule has 5 rings (SSSR count). The zero-order valence-electron chi connectivity index (χ0n) is 18.3. The van der Waals surface area contributed by atoms with E-state index in [-0.39, 0.29) is 5.41 Å². The Hall–Kier alpha value is -1.15. The quantitative estimate of drug-likeness (QED) is 0.686. The van der Waals surface area contributed by atoms with Gasteiger partial charge in [-0.2, -0.15) is 0 Å². The molecular weight excluding hydrogens is 356 g/mol. The largest absolute Gasteiger partial charge is 0.390 e. The van der Waals surface area contributed by atoms with Crippen molar-refractivity contribution in [3.8, 4) is 0 Å². The molecule has 0 spiro atoms. The van der Waals surface area contributed by atoms with Crippen molar-refractivity contribution in [1.29, 1.82) is 0 Å². The van der Waals surface area contributed by atoms with Crippen molar-refractivity contribution < 1.29 is 9.90 Å². The molecule has 158 valence electrons. The molecule has 7 unspecified atom stereocenters. The first kappa shape index (κ1) is 19.8. The van der Waals surface area contributed by atoms with Crippen molar-refractivity contribution in [2.45, 2.75) is 90.1 Å². The minimum absolute atomic E-state index is 0.0184. The Labute approximate surface area is 176 Å². The van der Waals surface area contributed by atoms with Gasteiger partial charge in [0.05, 0.1) is 5.60 Å². The highest BCUT2D eigenvalue weighted by atomic mass is 16.3. The molecule has 0 saturated heterocycles. The van der Waals surface area contributed by atoms with Crippen LogP contribution in [0.15, 0.2) is 30.3 Å². The van der Waals surface area contributed by atoms with Gasteiger partial charge in [-0.3, -0.25) is 4.79 Å². The van der Waals surface area contributed by atoms with Crippen LogP contribution in [0.25, 0.3) is 0 Å². The van der Waals surface area contributed by atoms with Crippen LogP contribution >= 0.6 is 0 Å². The summed E-state index contributed by atoms with van der Waals surface area (Å²) in [5, 5.41) is 11.5. The Balaban J connectivity index is 1.30. The molecule has 0 heterocycles. The second-order valence-electron chi connectivity index (χ2n) is 11.5.